The third kappa shape index (κ3) is 5.07. The molecule has 2 aromatic rings. The highest BCUT2D eigenvalue weighted by molar-refractivity contribution is 5.97. The van der Waals surface area contributed by atoms with Crippen molar-refractivity contribution in [1.29, 1.82) is 0 Å². The molecule has 0 aromatic heterocycles. The first kappa shape index (κ1) is 19.0. The van der Waals surface area contributed by atoms with Crippen LogP contribution in [0.4, 0.5) is 0 Å². The van der Waals surface area contributed by atoms with E-state index < -0.39 is 5.60 Å². The van der Waals surface area contributed by atoms with Gasteiger partial charge in [0.15, 0.2) is 0 Å². The van der Waals surface area contributed by atoms with Crippen molar-refractivity contribution in [3.63, 3.8) is 0 Å². The van der Waals surface area contributed by atoms with Gasteiger partial charge in [0.25, 0.3) is 5.91 Å². The summed E-state index contributed by atoms with van der Waals surface area (Å²) < 4.78 is 5.14. The second kappa shape index (κ2) is 7.70. The van der Waals surface area contributed by atoms with Crippen molar-refractivity contribution in [1.82, 2.24) is 5.32 Å². The summed E-state index contributed by atoms with van der Waals surface area (Å²) in [5.74, 6) is 0.632. The lowest BCUT2D eigenvalue weighted by atomic mass is 9.95. The van der Waals surface area contributed by atoms with E-state index >= 15 is 0 Å². The number of aryl methyl sites for hydroxylation is 3. The van der Waals surface area contributed by atoms with Crippen LogP contribution in [0.2, 0.25) is 0 Å². The molecule has 25 heavy (non-hydrogen) atoms. The Morgan fingerprint density at radius 3 is 2.20 bits per heavy atom. The highest BCUT2D eigenvalue weighted by Crippen LogP contribution is 2.18. The van der Waals surface area contributed by atoms with Crippen LogP contribution in [0.25, 0.3) is 0 Å². The van der Waals surface area contributed by atoms with E-state index in [9.17, 15) is 9.90 Å². The lowest BCUT2D eigenvalue weighted by molar-refractivity contribution is 0.0552. The molecule has 2 rings (SSSR count). The van der Waals surface area contributed by atoms with Crippen LogP contribution in [0.15, 0.2) is 36.4 Å². The molecule has 2 aromatic carbocycles. The summed E-state index contributed by atoms with van der Waals surface area (Å²) in [6.07, 6.45) is 0.448. The van der Waals surface area contributed by atoms with E-state index in [-0.39, 0.29) is 12.5 Å². The van der Waals surface area contributed by atoms with Crippen LogP contribution >= 0.6 is 0 Å². The lowest BCUT2D eigenvalue weighted by Crippen LogP contribution is -2.42. The molecule has 1 atom stereocenters. The molecule has 0 radical (unpaired) electrons. The number of nitrogens with one attached hydrogen (secondary N) is 1. The zero-order valence-corrected chi connectivity index (χ0v) is 15.6. The first-order valence-electron chi connectivity index (χ1n) is 8.43. The SMILES string of the molecule is COc1ccc(C[C@](C)(O)CNC(=O)c2c(C)cc(C)cc2C)cc1. The Hall–Kier alpha value is -2.33. The number of methoxy groups -OCH3 is 1. The summed E-state index contributed by atoms with van der Waals surface area (Å²) in [7, 11) is 1.62. The van der Waals surface area contributed by atoms with E-state index in [2.05, 4.69) is 5.32 Å². The highest BCUT2D eigenvalue weighted by atomic mass is 16.5. The molecule has 134 valence electrons. The zero-order valence-electron chi connectivity index (χ0n) is 15.6. The molecule has 0 fully saturated rings. The van der Waals surface area contributed by atoms with E-state index in [4.69, 9.17) is 4.74 Å². The fourth-order valence-electron chi connectivity index (χ4n) is 3.14. The maximum absolute atomic E-state index is 12.5. The molecule has 0 aliphatic heterocycles. The minimum Gasteiger partial charge on any atom is -0.497 e. The van der Waals surface area contributed by atoms with Gasteiger partial charge in [-0.05, 0) is 56.5 Å². The predicted octanol–water partition coefficient (Wildman–Crippen LogP) is 3.34. The molecule has 1 amide bonds. The van der Waals surface area contributed by atoms with E-state index in [1.165, 1.54) is 0 Å². The minimum absolute atomic E-state index is 0.148. The Morgan fingerprint density at radius 1 is 1.12 bits per heavy atom. The number of amides is 1. The quantitative estimate of drug-likeness (QED) is 0.847. The first-order chi connectivity index (χ1) is 11.7. The molecule has 0 aliphatic rings. The molecular weight excluding hydrogens is 314 g/mol. The molecule has 4 heteroatoms. The number of carbonyl (C=O) groups is 1. The van der Waals surface area contributed by atoms with E-state index in [0.29, 0.717) is 12.0 Å². The van der Waals surface area contributed by atoms with Gasteiger partial charge in [0.05, 0.1) is 12.7 Å². The Morgan fingerprint density at radius 2 is 1.68 bits per heavy atom. The van der Waals surface area contributed by atoms with Gasteiger partial charge in [-0.3, -0.25) is 4.79 Å². The summed E-state index contributed by atoms with van der Waals surface area (Å²) in [4.78, 5) is 12.5. The van der Waals surface area contributed by atoms with Crippen LogP contribution in [-0.2, 0) is 6.42 Å². The molecule has 2 N–H and O–H groups in total. The number of aliphatic hydroxyl groups is 1. The van der Waals surface area contributed by atoms with Gasteiger partial charge in [-0.1, -0.05) is 29.8 Å². The summed E-state index contributed by atoms with van der Waals surface area (Å²) >= 11 is 0. The number of hydrogen-bond donors (Lipinski definition) is 2. The second-order valence-corrected chi connectivity index (χ2v) is 6.98. The second-order valence-electron chi connectivity index (χ2n) is 6.98. The van der Waals surface area contributed by atoms with Gasteiger partial charge in [-0.2, -0.15) is 0 Å². The Labute approximate surface area is 149 Å². The maximum Gasteiger partial charge on any atom is 0.251 e. The van der Waals surface area contributed by atoms with Crippen molar-refractivity contribution in [2.45, 2.75) is 39.7 Å². The van der Waals surface area contributed by atoms with Crippen molar-refractivity contribution in [3.8, 4) is 5.75 Å². The molecule has 4 nitrogen and oxygen atoms in total. The van der Waals surface area contributed by atoms with Crippen LogP contribution in [0.1, 0.15) is 39.5 Å². The predicted molar refractivity (Wildman–Crippen MR) is 100 cm³/mol. The molecule has 0 aliphatic carbocycles. The van der Waals surface area contributed by atoms with Gasteiger partial charge < -0.3 is 15.2 Å². The average Bonchev–Trinajstić information content (AvgIpc) is 2.52. The van der Waals surface area contributed by atoms with Gasteiger partial charge in [-0.15, -0.1) is 0 Å². The third-order valence-corrected chi connectivity index (χ3v) is 4.28. The maximum atomic E-state index is 12.5. The fourth-order valence-corrected chi connectivity index (χ4v) is 3.14. The van der Waals surface area contributed by atoms with Gasteiger partial charge in [0.1, 0.15) is 5.75 Å². The van der Waals surface area contributed by atoms with Gasteiger partial charge in [0, 0.05) is 18.5 Å². The average molecular weight is 341 g/mol. The van der Waals surface area contributed by atoms with Crippen LogP contribution in [0.5, 0.6) is 5.75 Å². The number of hydrogen-bond acceptors (Lipinski definition) is 3. The van der Waals surface area contributed by atoms with Crippen LogP contribution in [0, 0.1) is 20.8 Å². The number of benzene rings is 2. The standard InChI is InChI=1S/C21H27NO3/c1-14-10-15(2)19(16(3)11-14)20(23)22-13-21(4,24)12-17-6-8-18(25-5)9-7-17/h6-11,24H,12-13H2,1-5H3,(H,22,23)/t21-/m0/s1. The van der Waals surface area contributed by atoms with E-state index in [1.54, 1.807) is 14.0 Å². The molecular formula is C21H27NO3. The normalized spacial score (nSPS) is 13.2. The van der Waals surface area contributed by atoms with Crippen LogP contribution in [-0.4, -0.2) is 30.3 Å². The summed E-state index contributed by atoms with van der Waals surface area (Å²) in [6.45, 7) is 7.80. The zero-order chi connectivity index (χ0) is 18.6. The Bertz CT molecular complexity index is 725. The Kier molecular flexibility index (Phi) is 5.85. The first-order valence-corrected chi connectivity index (χ1v) is 8.43. The summed E-state index contributed by atoms with van der Waals surface area (Å²) in [5, 5.41) is 13.5. The highest BCUT2D eigenvalue weighted by Gasteiger charge is 2.23. The topological polar surface area (TPSA) is 58.6 Å². The van der Waals surface area contributed by atoms with Crippen molar-refractivity contribution in [2.75, 3.05) is 13.7 Å². The number of carbonyl (C=O) groups excluding carboxylic acids is 1. The monoisotopic (exact) mass is 341 g/mol. The van der Waals surface area contributed by atoms with E-state index in [0.717, 1.165) is 28.0 Å². The lowest BCUT2D eigenvalue weighted by Gasteiger charge is -2.24. The Balaban J connectivity index is 2.02. The fraction of sp³-hybridized carbons (Fsp3) is 0.381. The van der Waals surface area contributed by atoms with Crippen molar-refractivity contribution in [2.24, 2.45) is 0 Å². The third-order valence-electron chi connectivity index (χ3n) is 4.28. The van der Waals surface area contributed by atoms with Crippen molar-refractivity contribution < 1.29 is 14.6 Å². The largest absolute Gasteiger partial charge is 0.497 e. The van der Waals surface area contributed by atoms with Gasteiger partial charge in [0.2, 0.25) is 0 Å². The molecule has 0 saturated heterocycles. The van der Waals surface area contributed by atoms with E-state index in [1.807, 2.05) is 57.2 Å². The molecule has 0 saturated carbocycles. The van der Waals surface area contributed by atoms with Crippen LogP contribution < -0.4 is 10.1 Å². The minimum atomic E-state index is -1.03. The van der Waals surface area contributed by atoms with Crippen molar-refractivity contribution in [3.05, 3.63) is 64.2 Å². The molecule has 0 heterocycles. The molecule has 0 unspecified atom stereocenters. The van der Waals surface area contributed by atoms with Crippen LogP contribution in [0.3, 0.4) is 0 Å². The van der Waals surface area contributed by atoms with Crippen molar-refractivity contribution >= 4 is 5.91 Å². The van der Waals surface area contributed by atoms with Gasteiger partial charge in [-0.25, -0.2) is 0 Å². The molecule has 0 spiro atoms. The summed E-state index contributed by atoms with van der Waals surface area (Å²) in [5.41, 5.74) is 3.68. The smallest absolute Gasteiger partial charge is 0.251 e. The summed E-state index contributed by atoms with van der Waals surface area (Å²) in [6, 6.07) is 11.6. The number of ether oxygens (including phenoxy) is 1. The van der Waals surface area contributed by atoms with Gasteiger partial charge >= 0.3 is 0 Å². The molecule has 0 bridgehead atoms. The number of rotatable bonds is 6.